The zero-order valence-electron chi connectivity index (χ0n) is 15.4. The molecule has 0 aliphatic carbocycles. The number of anilines is 1. The third-order valence-corrected chi connectivity index (χ3v) is 4.51. The highest BCUT2D eigenvalue weighted by molar-refractivity contribution is 9.10. The van der Waals surface area contributed by atoms with E-state index in [-0.39, 0.29) is 23.8 Å². The fraction of sp³-hybridized carbons (Fsp3) is 0.300. The molecule has 0 atom stereocenters. The van der Waals surface area contributed by atoms with Crippen LogP contribution in [0.3, 0.4) is 0 Å². The summed E-state index contributed by atoms with van der Waals surface area (Å²) in [5, 5.41) is 5.59. The first-order chi connectivity index (χ1) is 12.7. The van der Waals surface area contributed by atoms with Crippen molar-refractivity contribution in [3.05, 3.63) is 58.3 Å². The summed E-state index contributed by atoms with van der Waals surface area (Å²) in [4.78, 5) is 24.2. The molecule has 2 aromatic rings. The third kappa shape index (κ3) is 6.36. The van der Waals surface area contributed by atoms with Gasteiger partial charge in [-0.1, -0.05) is 22.9 Å². The molecule has 0 saturated carbocycles. The minimum absolute atomic E-state index is 0.00101. The second kappa shape index (κ2) is 8.99. The number of amides is 2. The van der Waals surface area contributed by atoms with Crippen LogP contribution in [-0.2, 0) is 4.79 Å². The van der Waals surface area contributed by atoms with Crippen molar-refractivity contribution >= 4 is 33.4 Å². The number of hydrogen-bond donors (Lipinski definition) is 2. The van der Waals surface area contributed by atoms with E-state index in [1.54, 1.807) is 30.3 Å². The summed E-state index contributed by atoms with van der Waals surface area (Å²) >= 11 is 3.15. The van der Waals surface area contributed by atoms with Crippen LogP contribution in [0.5, 0.6) is 5.75 Å². The quantitative estimate of drug-likeness (QED) is 0.669. The maximum absolute atomic E-state index is 13.7. The summed E-state index contributed by atoms with van der Waals surface area (Å²) in [6.07, 6.45) is 0.811. The van der Waals surface area contributed by atoms with E-state index < -0.39 is 11.7 Å². The molecule has 27 heavy (non-hydrogen) atoms. The molecule has 2 amide bonds. The Morgan fingerprint density at radius 1 is 1.15 bits per heavy atom. The minimum atomic E-state index is -0.553. The molecule has 0 bridgehead atoms. The molecule has 2 N–H and O–H groups in total. The molecular weight excluding hydrogens is 415 g/mol. The zero-order chi connectivity index (χ0) is 20.0. The van der Waals surface area contributed by atoms with Gasteiger partial charge in [-0.3, -0.25) is 9.59 Å². The minimum Gasteiger partial charge on any atom is -0.481 e. The van der Waals surface area contributed by atoms with Crippen molar-refractivity contribution in [2.24, 2.45) is 0 Å². The topological polar surface area (TPSA) is 67.4 Å². The van der Waals surface area contributed by atoms with Gasteiger partial charge >= 0.3 is 0 Å². The highest BCUT2D eigenvalue weighted by Crippen LogP contribution is 2.21. The predicted octanol–water partition coefficient (Wildman–Crippen LogP) is 4.52. The first kappa shape index (κ1) is 20.9. The molecule has 144 valence electrons. The van der Waals surface area contributed by atoms with Crippen molar-refractivity contribution in [2.45, 2.75) is 32.7 Å². The van der Waals surface area contributed by atoms with E-state index in [1.165, 1.54) is 12.1 Å². The van der Waals surface area contributed by atoms with Crippen LogP contribution in [0.15, 0.2) is 46.9 Å². The number of halogens is 2. The van der Waals surface area contributed by atoms with Gasteiger partial charge < -0.3 is 15.4 Å². The van der Waals surface area contributed by atoms with Gasteiger partial charge in [0, 0.05) is 21.3 Å². The van der Waals surface area contributed by atoms with Gasteiger partial charge in [0.05, 0.1) is 0 Å². The first-order valence-corrected chi connectivity index (χ1v) is 9.30. The Bertz CT molecular complexity index is 822. The highest BCUT2D eigenvalue weighted by Gasteiger charge is 2.18. The lowest BCUT2D eigenvalue weighted by molar-refractivity contribution is -0.118. The maximum Gasteiger partial charge on any atom is 0.262 e. The zero-order valence-corrected chi connectivity index (χ0v) is 17.0. The number of benzene rings is 2. The van der Waals surface area contributed by atoms with Crippen molar-refractivity contribution in [1.82, 2.24) is 5.32 Å². The molecule has 7 heteroatoms. The number of rotatable bonds is 7. The predicted molar refractivity (Wildman–Crippen MR) is 107 cm³/mol. The fourth-order valence-electron chi connectivity index (χ4n) is 2.11. The van der Waals surface area contributed by atoms with Crippen molar-refractivity contribution < 1.29 is 18.7 Å². The number of carbonyl (C=O) groups is 2. The van der Waals surface area contributed by atoms with Gasteiger partial charge in [-0.15, -0.1) is 0 Å². The van der Waals surface area contributed by atoms with E-state index >= 15 is 0 Å². The summed E-state index contributed by atoms with van der Waals surface area (Å²) in [5.74, 6) is -1.16. The molecule has 0 heterocycles. The largest absolute Gasteiger partial charge is 0.481 e. The van der Waals surface area contributed by atoms with E-state index in [0.29, 0.717) is 15.7 Å². The van der Waals surface area contributed by atoms with Gasteiger partial charge in [0.25, 0.3) is 11.8 Å². The normalized spacial score (nSPS) is 11.0. The standard InChI is InChI=1S/C20H22BrFN2O3/c1-4-20(2,3)24-19(26)13-5-8-15(9-6-13)23-18(25)12-27-17-10-7-14(21)11-16(17)22/h5-11H,4,12H2,1-3H3,(H,23,25)(H,24,26). The van der Waals surface area contributed by atoms with Gasteiger partial charge in [-0.25, -0.2) is 4.39 Å². The van der Waals surface area contributed by atoms with Gasteiger partial charge in [0.15, 0.2) is 18.2 Å². The van der Waals surface area contributed by atoms with Gasteiger partial charge in [0.2, 0.25) is 0 Å². The van der Waals surface area contributed by atoms with Gasteiger partial charge in [-0.05, 0) is 62.7 Å². The lowest BCUT2D eigenvalue weighted by atomic mass is 10.0. The lowest BCUT2D eigenvalue weighted by Gasteiger charge is -2.24. The molecule has 5 nitrogen and oxygen atoms in total. The summed E-state index contributed by atoms with van der Waals surface area (Å²) in [6, 6.07) is 10.9. The Kier molecular flexibility index (Phi) is 6.96. The van der Waals surface area contributed by atoms with E-state index in [4.69, 9.17) is 4.74 Å². The van der Waals surface area contributed by atoms with Crippen LogP contribution in [0.4, 0.5) is 10.1 Å². The van der Waals surface area contributed by atoms with Gasteiger partial charge in [0.1, 0.15) is 0 Å². The number of nitrogens with one attached hydrogen (secondary N) is 2. The first-order valence-electron chi connectivity index (χ1n) is 8.50. The second-order valence-corrected chi connectivity index (χ2v) is 7.60. The second-order valence-electron chi connectivity index (χ2n) is 6.68. The summed E-state index contributed by atoms with van der Waals surface area (Å²) < 4.78 is 19.4. The van der Waals surface area contributed by atoms with Crippen LogP contribution in [0, 0.1) is 5.82 Å². The Morgan fingerprint density at radius 3 is 2.41 bits per heavy atom. The molecule has 0 fully saturated rings. The van der Waals surface area contributed by atoms with Gasteiger partial charge in [-0.2, -0.15) is 0 Å². The molecule has 0 aliphatic heterocycles. The smallest absolute Gasteiger partial charge is 0.262 e. The van der Waals surface area contributed by atoms with Crippen molar-refractivity contribution in [3.8, 4) is 5.75 Å². The number of hydrogen-bond acceptors (Lipinski definition) is 3. The fourth-order valence-corrected chi connectivity index (χ4v) is 2.44. The molecule has 0 aliphatic rings. The van der Waals surface area contributed by atoms with Crippen molar-refractivity contribution in [3.63, 3.8) is 0 Å². The average Bonchev–Trinajstić information content (AvgIpc) is 2.61. The highest BCUT2D eigenvalue weighted by atomic mass is 79.9. The number of ether oxygens (including phenoxy) is 1. The van der Waals surface area contributed by atoms with E-state index in [1.807, 2.05) is 20.8 Å². The summed E-state index contributed by atoms with van der Waals surface area (Å²) in [6.45, 7) is 5.58. The average molecular weight is 437 g/mol. The molecule has 2 aromatic carbocycles. The summed E-state index contributed by atoms with van der Waals surface area (Å²) in [7, 11) is 0. The molecule has 0 spiro atoms. The van der Waals surface area contributed by atoms with Crippen molar-refractivity contribution in [1.29, 1.82) is 0 Å². The maximum atomic E-state index is 13.7. The van der Waals surface area contributed by atoms with Crippen LogP contribution in [-0.4, -0.2) is 24.0 Å². The lowest BCUT2D eigenvalue weighted by Crippen LogP contribution is -2.42. The van der Waals surface area contributed by atoms with Crippen LogP contribution < -0.4 is 15.4 Å². The Labute approximate surface area is 166 Å². The van der Waals surface area contributed by atoms with E-state index in [2.05, 4.69) is 26.6 Å². The van der Waals surface area contributed by atoms with Crippen LogP contribution >= 0.6 is 15.9 Å². The SMILES string of the molecule is CCC(C)(C)NC(=O)c1ccc(NC(=O)COc2ccc(Br)cc2F)cc1. The van der Waals surface area contributed by atoms with Crippen LogP contribution in [0.1, 0.15) is 37.6 Å². The summed E-state index contributed by atoms with van der Waals surface area (Å²) in [5.41, 5.74) is 0.734. The molecule has 0 radical (unpaired) electrons. The Morgan fingerprint density at radius 2 is 1.81 bits per heavy atom. The van der Waals surface area contributed by atoms with E-state index in [0.717, 1.165) is 6.42 Å². The third-order valence-electron chi connectivity index (χ3n) is 4.02. The van der Waals surface area contributed by atoms with Crippen molar-refractivity contribution in [2.75, 3.05) is 11.9 Å². The monoisotopic (exact) mass is 436 g/mol. The Balaban J connectivity index is 1.90. The molecule has 0 aromatic heterocycles. The number of carbonyl (C=O) groups excluding carboxylic acids is 2. The molecule has 2 rings (SSSR count). The van der Waals surface area contributed by atoms with Crippen LogP contribution in [0.25, 0.3) is 0 Å². The molecule has 0 unspecified atom stereocenters. The van der Waals surface area contributed by atoms with Crippen LogP contribution in [0.2, 0.25) is 0 Å². The van der Waals surface area contributed by atoms with E-state index in [9.17, 15) is 14.0 Å². The molecular formula is C20H22BrFN2O3. The molecule has 0 saturated heterocycles. The Hall–Kier alpha value is -2.41.